The van der Waals surface area contributed by atoms with Crippen molar-refractivity contribution in [2.45, 2.75) is 4.90 Å². The fourth-order valence-corrected chi connectivity index (χ4v) is 4.38. The van der Waals surface area contributed by atoms with Crippen molar-refractivity contribution in [3.63, 3.8) is 0 Å². The van der Waals surface area contributed by atoms with Crippen molar-refractivity contribution >= 4 is 38.7 Å². The molecule has 0 radical (unpaired) electrons. The van der Waals surface area contributed by atoms with E-state index in [4.69, 9.17) is 8.92 Å². The van der Waals surface area contributed by atoms with Crippen LogP contribution in [-0.2, 0) is 10.1 Å². The Morgan fingerprint density at radius 2 is 1.72 bits per heavy atom. The van der Waals surface area contributed by atoms with Gasteiger partial charge in [-0.3, -0.25) is 14.9 Å². The molecule has 0 aliphatic rings. The van der Waals surface area contributed by atoms with Gasteiger partial charge in [0.1, 0.15) is 4.90 Å². The Hall–Kier alpha value is -4.77. The van der Waals surface area contributed by atoms with Gasteiger partial charge in [-0.1, -0.05) is 42.5 Å². The molecule has 4 rings (SSSR count). The summed E-state index contributed by atoms with van der Waals surface area (Å²) in [7, 11) is -3.04. The van der Waals surface area contributed by atoms with E-state index in [0.717, 1.165) is 16.8 Å². The average Bonchev–Trinajstić information content (AvgIpc) is 2.89. The monoisotopic (exact) mass is 505 g/mol. The zero-order chi connectivity index (χ0) is 25.7. The first-order valence-corrected chi connectivity index (χ1v) is 11.9. The van der Waals surface area contributed by atoms with E-state index in [1.54, 1.807) is 12.1 Å². The molecule has 0 atom stereocenters. The molecule has 0 aliphatic carbocycles. The molecule has 4 aromatic rings. The van der Waals surface area contributed by atoms with Crippen LogP contribution in [0.25, 0.3) is 10.8 Å². The van der Waals surface area contributed by atoms with Crippen LogP contribution in [0.1, 0.15) is 15.9 Å². The largest absolute Gasteiger partial charge is 0.493 e. The average molecular weight is 506 g/mol. The van der Waals surface area contributed by atoms with Crippen molar-refractivity contribution in [3.05, 3.63) is 106 Å². The number of carbonyl (C=O) groups is 1. The number of nitro benzene ring substituents is 1. The smallest absolute Gasteiger partial charge is 0.339 e. The summed E-state index contributed by atoms with van der Waals surface area (Å²) in [5.41, 5.74) is 3.05. The molecule has 0 saturated heterocycles. The van der Waals surface area contributed by atoms with Gasteiger partial charge in [-0.25, -0.2) is 5.43 Å². The van der Waals surface area contributed by atoms with Gasteiger partial charge in [-0.05, 0) is 46.7 Å². The third kappa shape index (κ3) is 5.31. The predicted octanol–water partition coefficient (Wildman–Crippen LogP) is 4.29. The van der Waals surface area contributed by atoms with Crippen LogP contribution in [0.5, 0.6) is 11.5 Å². The lowest BCUT2D eigenvalue weighted by Gasteiger charge is -2.11. The van der Waals surface area contributed by atoms with E-state index in [1.165, 1.54) is 49.7 Å². The summed E-state index contributed by atoms with van der Waals surface area (Å²) in [6, 6.07) is 21.7. The van der Waals surface area contributed by atoms with Gasteiger partial charge in [0.15, 0.2) is 11.5 Å². The van der Waals surface area contributed by atoms with Gasteiger partial charge in [0.05, 0.1) is 18.2 Å². The van der Waals surface area contributed by atoms with Gasteiger partial charge in [-0.15, -0.1) is 0 Å². The molecular weight excluding hydrogens is 486 g/mol. The SMILES string of the molecule is COc1cc(/C=N\NC(=O)c2cccc3ccccc23)ccc1OS(=O)(=O)c1cccc([N+](=O)[O-])c1. The summed E-state index contributed by atoms with van der Waals surface area (Å²) in [4.78, 5) is 22.5. The number of nitrogens with zero attached hydrogens (tertiary/aromatic N) is 2. The summed E-state index contributed by atoms with van der Waals surface area (Å²) in [5, 5.41) is 16.6. The topological polar surface area (TPSA) is 137 Å². The lowest BCUT2D eigenvalue weighted by Crippen LogP contribution is -2.17. The Bertz CT molecular complexity index is 1600. The van der Waals surface area contributed by atoms with Gasteiger partial charge in [0.25, 0.3) is 11.6 Å². The van der Waals surface area contributed by atoms with E-state index in [-0.39, 0.29) is 22.1 Å². The Kier molecular flexibility index (Phi) is 6.93. The number of carbonyl (C=O) groups excluding carboxylic acids is 1. The number of benzene rings is 4. The van der Waals surface area contributed by atoms with Gasteiger partial charge in [0, 0.05) is 17.7 Å². The van der Waals surface area contributed by atoms with Crippen molar-refractivity contribution in [2.24, 2.45) is 5.10 Å². The number of hydrogen-bond acceptors (Lipinski definition) is 8. The minimum atomic E-state index is -4.37. The van der Waals surface area contributed by atoms with Crippen LogP contribution < -0.4 is 14.3 Å². The molecule has 0 saturated carbocycles. The summed E-state index contributed by atoms with van der Waals surface area (Å²) in [5.74, 6) is -0.438. The number of fused-ring (bicyclic) bond motifs is 1. The van der Waals surface area contributed by atoms with Crippen LogP contribution in [0.4, 0.5) is 5.69 Å². The van der Waals surface area contributed by atoms with E-state index in [2.05, 4.69) is 10.5 Å². The third-order valence-corrected chi connectivity index (χ3v) is 6.35. The van der Waals surface area contributed by atoms with Crippen LogP contribution in [0.15, 0.2) is 94.9 Å². The molecule has 4 aromatic carbocycles. The van der Waals surface area contributed by atoms with Crippen molar-refractivity contribution < 1.29 is 27.1 Å². The minimum absolute atomic E-state index is 0.0772. The number of amides is 1. The zero-order valence-corrected chi connectivity index (χ0v) is 19.6. The fraction of sp³-hybridized carbons (Fsp3) is 0.0400. The lowest BCUT2D eigenvalue weighted by molar-refractivity contribution is -0.385. The minimum Gasteiger partial charge on any atom is -0.493 e. The lowest BCUT2D eigenvalue weighted by atomic mass is 10.0. The summed E-state index contributed by atoms with van der Waals surface area (Å²) < 4.78 is 35.6. The molecule has 182 valence electrons. The summed E-state index contributed by atoms with van der Waals surface area (Å²) in [6.07, 6.45) is 1.37. The second kappa shape index (κ2) is 10.2. The molecule has 10 nitrogen and oxygen atoms in total. The van der Waals surface area contributed by atoms with E-state index >= 15 is 0 Å². The Morgan fingerprint density at radius 3 is 2.50 bits per heavy atom. The van der Waals surface area contributed by atoms with Crippen molar-refractivity contribution in [3.8, 4) is 11.5 Å². The van der Waals surface area contributed by atoms with Crippen molar-refractivity contribution in [2.75, 3.05) is 7.11 Å². The van der Waals surface area contributed by atoms with Crippen LogP contribution in [0.2, 0.25) is 0 Å². The first-order chi connectivity index (χ1) is 17.3. The molecule has 0 unspecified atom stereocenters. The van der Waals surface area contributed by atoms with Gasteiger partial charge in [0.2, 0.25) is 0 Å². The quantitative estimate of drug-likeness (QED) is 0.163. The highest BCUT2D eigenvalue weighted by Crippen LogP contribution is 2.31. The molecule has 0 aliphatic heterocycles. The van der Waals surface area contributed by atoms with Crippen LogP contribution in [0.3, 0.4) is 0 Å². The number of rotatable bonds is 8. The molecule has 36 heavy (non-hydrogen) atoms. The maximum atomic E-state index is 12.6. The second-order valence-corrected chi connectivity index (χ2v) is 8.97. The molecule has 1 amide bonds. The summed E-state index contributed by atoms with van der Waals surface area (Å²) in [6.45, 7) is 0. The number of hydrazone groups is 1. The Balaban J connectivity index is 1.50. The number of nitrogens with one attached hydrogen (secondary N) is 1. The first-order valence-electron chi connectivity index (χ1n) is 10.5. The van der Waals surface area contributed by atoms with Gasteiger partial charge >= 0.3 is 10.1 Å². The number of non-ortho nitro benzene ring substituents is 1. The second-order valence-electron chi connectivity index (χ2n) is 7.43. The van der Waals surface area contributed by atoms with Gasteiger partial charge in [-0.2, -0.15) is 13.5 Å². The predicted molar refractivity (Wildman–Crippen MR) is 133 cm³/mol. The molecule has 1 N–H and O–H groups in total. The number of hydrogen-bond donors (Lipinski definition) is 1. The normalized spacial score (nSPS) is 11.4. The Morgan fingerprint density at radius 1 is 0.972 bits per heavy atom. The number of nitro groups is 1. The highest BCUT2D eigenvalue weighted by Gasteiger charge is 2.22. The molecule has 0 spiro atoms. The van der Waals surface area contributed by atoms with E-state index < -0.39 is 20.9 Å². The highest BCUT2D eigenvalue weighted by molar-refractivity contribution is 7.87. The number of ether oxygens (including phenoxy) is 1. The maximum absolute atomic E-state index is 12.6. The third-order valence-electron chi connectivity index (χ3n) is 5.12. The van der Waals surface area contributed by atoms with Gasteiger partial charge < -0.3 is 8.92 Å². The number of methoxy groups -OCH3 is 1. The molecule has 0 heterocycles. The van der Waals surface area contributed by atoms with Crippen molar-refractivity contribution in [1.82, 2.24) is 5.43 Å². The molecular formula is C25H19N3O7S. The Labute approximate surface area is 206 Å². The molecule has 0 fully saturated rings. The van der Waals surface area contributed by atoms with E-state index in [9.17, 15) is 23.3 Å². The van der Waals surface area contributed by atoms with Crippen LogP contribution in [-0.4, -0.2) is 32.6 Å². The summed E-state index contributed by atoms with van der Waals surface area (Å²) >= 11 is 0. The van der Waals surface area contributed by atoms with E-state index in [0.29, 0.717) is 11.1 Å². The fourth-order valence-electron chi connectivity index (χ4n) is 3.40. The molecule has 11 heteroatoms. The van der Waals surface area contributed by atoms with Crippen LogP contribution >= 0.6 is 0 Å². The first kappa shape index (κ1) is 24.4. The zero-order valence-electron chi connectivity index (χ0n) is 18.8. The maximum Gasteiger partial charge on any atom is 0.339 e. The van der Waals surface area contributed by atoms with Crippen LogP contribution in [0, 0.1) is 10.1 Å². The highest BCUT2D eigenvalue weighted by atomic mass is 32.2. The van der Waals surface area contributed by atoms with Crippen molar-refractivity contribution in [1.29, 1.82) is 0 Å². The standard InChI is InChI=1S/C25H19N3O7S/c1-34-24-14-17(16-26-27-25(29)22-11-4-7-18-6-2-3-10-21(18)22)12-13-23(24)35-36(32,33)20-9-5-8-19(15-20)28(30)31/h2-16H,1H3,(H,27,29)/b26-16-. The van der Waals surface area contributed by atoms with E-state index in [1.807, 2.05) is 30.3 Å². The molecule has 0 aromatic heterocycles. The molecule has 0 bridgehead atoms.